The van der Waals surface area contributed by atoms with Gasteiger partial charge in [-0.1, -0.05) is 41.4 Å². The Morgan fingerprint density at radius 1 is 1.15 bits per heavy atom. The zero-order valence-corrected chi connectivity index (χ0v) is 12.5. The van der Waals surface area contributed by atoms with Crippen molar-refractivity contribution >= 4 is 28.9 Å². The first-order valence-electron chi connectivity index (χ1n) is 6.66. The minimum absolute atomic E-state index is 0.439. The summed E-state index contributed by atoms with van der Waals surface area (Å²) in [7, 11) is 0. The van der Waals surface area contributed by atoms with Crippen molar-refractivity contribution < 1.29 is 4.74 Å². The van der Waals surface area contributed by atoms with Gasteiger partial charge in [-0.3, -0.25) is 0 Å². The molecule has 0 aliphatic carbocycles. The largest absolute Gasteiger partial charge is 0.487 e. The molecule has 3 rings (SSSR count). The molecule has 2 nitrogen and oxygen atoms in total. The number of para-hydroxylation sites is 1. The van der Waals surface area contributed by atoms with E-state index in [0.29, 0.717) is 16.7 Å². The van der Waals surface area contributed by atoms with Crippen LogP contribution in [0.2, 0.25) is 10.0 Å². The van der Waals surface area contributed by atoms with Crippen molar-refractivity contribution in [3.8, 4) is 5.75 Å². The van der Waals surface area contributed by atoms with E-state index in [1.165, 1.54) is 12.0 Å². The van der Waals surface area contributed by atoms with Gasteiger partial charge >= 0.3 is 0 Å². The van der Waals surface area contributed by atoms with E-state index in [9.17, 15) is 0 Å². The van der Waals surface area contributed by atoms with Crippen LogP contribution in [0, 0.1) is 0 Å². The summed E-state index contributed by atoms with van der Waals surface area (Å²) in [5.41, 5.74) is 3.37. The van der Waals surface area contributed by atoms with Crippen LogP contribution in [-0.4, -0.2) is 6.54 Å². The molecular weight excluding hydrogens is 293 g/mol. The van der Waals surface area contributed by atoms with Gasteiger partial charge in [0.25, 0.3) is 0 Å². The highest BCUT2D eigenvalue weighted by atomic mass is 35.5. The van der Waals surface area contributed by atoms with E-state index in [4.69, 9.17) is 27.9 Å². The monoisotopic (exact) mass is 307 g/mol. The van der Waals surface area contributed by atoms with Crippen molar-refractivity contribution in [3.63, 3.8) is 0 Å². The summed E-state index contributed by atoms with van der Waals surface area (Å²) in [6.07, 6.45) is 2.26. The van der Waals surface area contributed by atoms with Gasteiger partial charge < -0.3 is 10.1 Å². The molecule has 1 aliphatic rings. The molecule has 4 heteroatoms. The summed E-state index contributed by atoms with van der Waals surface area (Å²) in [4.78, 5) is 0. The van der Waals surface area contributed by atoms with Crippen molar-refractivity contribution in [1.82, 2.24) is 0 Å². The maximum absolute atomic E-state index is 6.16. The van der Waals surface area contributed by atoms with Crippen LogP contribution >= 0.6 is 23.2 Å². The standard InChI is InChI=1S/C16H15Cl2NO/c17-13-7-6-12(14(18)9-13)10-20-15-5-1-3-11-4-2-8-19-16(11)15/h1,3,5-7,9,19H,2,4,8,10H2. The fourth-order valence-electron chi connectivity index (χ4n) is 2.39. The van der Waals surface area contributed by atoms with Gasteiger partial charge in [-0.15, -0.1) is 0 Å². The SMILES string of the molecule is Clc1ccc(COc2cccc3c2NCCC3)c(Cl)c1. The number of anilines is 1. The Hall–Kier alpha value is -1.38. The number of nitrogens with one attached hydrogen (secondary N) is 1. The number of aryl methyl sites for hydroxylation is 1. The Morgan fingerprint density at radius 3 is 2.90 bits per heavy atom. The van der Waals surface area contributed by atoms with Gasteiger partial charge in [0.15, 0.2) is 0 Å². The maximum atomic E-state index is 6.16. The molecule has 104 valence electrons. The first kappa shape index (κ1) is 13.6. The third kappa shape index (κ3) is 2.87. The van der Waals surface area contributed by atoms with Crippen molar-refractivity contribution in [2.24, 2.45) is 0 Å². The summed E-state index contributed by atoms with van der Waals surface area (Å²) < 4.78 is 5.92. The predicted molar refractivity (Wildman–Crippen MR) is 84.0 cm³/mol. The second kappa shape index (κ2) is 5.94. The number of hydrogen-bond acceptors (Lipinski definition) is 2. The molecular formula is C16H15Cl2NO. The summed E-state index contributed by atoms with van der Waals surface area (Å²) >= 11 is 12.1. The molecule has 0 amide bonds. The summed E-state index contributed by atoms with van der Waals surface area (Å²) in [6, 6.07) is 11.6. The number of fused-ring (bicyclic) bond motifs is 1. The van der Waals surface area contributed by atoms with Crippen molar-refractivity contribution in [2.45, 2.75) is 19.4 Å². The Labute approximate surface area is 128 Å². The lowest BCUT2D eigenvalue weighted by molar-refractivity contribution is 0.307. The second-order valence-corrected chi connectivity index (χ2v) is 5.69. The molecule has 0 aromatic heterocycles. The average molecular weight is 308 g/mol. The summed E-state index contributed by atoms with van der Waals surface area (Å²) in [6.45, 7) is 1.43. The van der Waals surface area contributed by atoms with Crippen LogP contribution in [0.1, 0.15) is 17.5 Å². The van der Waals surface area contributed by atoms with E-state index in [-0.39, 0.29) is 0 Å². The molecule has 2 aromatic carbocycles. The second-order valence-electron chi connectivity index (χ2n) is 4.85. The third-order valence-corrected chi connectivity index (χ3v) is 4.02. The van der Waals surface area contributed by atoms with Gasteiger partial charge in [-0.2, -0.15) is 0 Å². The van der Waals surface area contributed by atoms with Gasteiger partial charge in [0.1, 0.15) is 12.4 Å². The molecule has 20 heavy (non-hydrogen) atoms. The van der Waals surface area contributed by atoms with E-state index < -0.39 is 0 Å². The molecule has 0 atom stereocenters. The highest BCUT2D eigenvalue weighted by Crippen LogP contribution is 2.33. The van der Waals surface area contributed by atoms with Crippen LogP contribution in [0.15, 0.2) is 36.4 Å². The molecule has 0 unspecified atom stereocenters. The van der Waals surface area contributed by atoms with E-state index >= 15 is 0 Å². The lowest BCUT2D eigenvalue weighted by atomic mass is 10.0. The Bertz CT molecular complexity index is 628. The maximum Gasteiger partial charge on any atom is 0.143 e. The lowest BCUT2D eigenvalue weighted by Crippen LogP contribution is -2.13. The summed E-state index contributed by atoms with van der Waals surface area (Å²) in [5.74, 6) is 0.883. The topological polar surface area (TPSA) is 21.3 Å². The predicted octanol–water partition coefficient (Wildman–Crippen LogP) is 4.93. The van der Waals surface area contributed by atoms with Crippen LogP contribution in [0.3, 0.4) is 0 Å². The first-order chi connectivity index (χ1) is 9.74. The van der Waals surface area contributed by atoms with Gasteiger partial charge in [0.05, 0.1) is 5.69 Å². The fraction of sp³-hybridized carbons (Fsp3) is 0.250. The highest BCUT2D eigenvalue weighted by Gasteiger charge is 2.13. The van der Waals surface area contributed by atoms with Gasteiger partial charge in [-0.25, -0.2) is 0 Å². The normalized spacial score (nSPS) is 13.5. The number of rotatable bonds is 3. The Morgan fingerprint density at radius 2 is 2.05 bits per heavy atom. The number of halogens is 2. The van der Waals surface area contributed by atoms with Crippen molar-refractivity contribution in [3.05, 3.63) is 57.6 Å². The molecule has 1 aliphatic heterocycles. The van der Waals surface area contributed by atoms with E-state index in [2.05, 4.69) is 11.4 Å². The lowest BCUT2D eigenvalue weighted by Gasteiger charge is -2.21. The molecule has 0 saturated heterocycles. The molecule has 0 saturated carbocycles. The average Bonchev–Trinajstić information content (AvgIpc) is 2.46. The molecule has 0 radical (unpaired) electrons. The summed E-state index contributed by atoms with van der Waals surface area (Å²) in [5, 5.41) is 4.68. The minimum atomic E-state index is 0.439. The van der Waals surface area contributed by atoms with Gasteiger partial charge in [-0.05, 0) is 36.6 Å². The van der Waals surface area contributed by atoms with Crippen LogP contribution in [0.4, 0.5) is 5.69 Å². The molecule has 1 heterocycles. The van der Waals surface area contributed by atoms with E-state index in [1.807, 2.05) is 24.3 Å². The molecule has 0 spiro atoms. The number of ether oxygens (including phenoxy) is 1. The number of hydrogen-bond donors (Lipinski definition) is 1. The van der Waals surface area contributed by atoms with E-state index in [1.54, 1.807) is 6.07 Å². The highest BCUT2D eigenvalue weighted by molar-refractivity contribution is 6.35. The Kier molecular flexibility index (Phi) is 4.04. The molecule has 0 fully saturated rings. The third-order valence-electron chi connectivity index (χ3n) is 3.44. The fourth-order valence-corrected chi connectivity index (χ4v) is 2.86. The molecule has 0 bridgehead atoms. The van der Waals surface area contributed by atoms with E-state index in [0.717, 1.165) is 30.0 Å². The van der Waals surface area contributed by atoms with Gasteiger partial charge in [0.2, 0.25) is 0 Å². The quantitative estimate of drug-likeness (QED) is 0.868. The molecule has 2 aromatic rings. The van der Waals surface area contributed by atoms with Crippen molar-refractivity contribution in [2.75, 3.05) is 11.9 Å². The Balaban J connectivity index is 1.78. The zero-order chi connectivity index (χ0) is 13.9. The van der Waals surface area contributed by atoms with Crippen LogP contribution in [0.25, 0.3) is 0 Å². The van der Waals surface area contributed by atoms with Crippen molar-refractivity contribution in [1.29, 1.82) is 0 Å². The first-order valence-corrected chi connectivity index (χ1v) is 7.42. The minimum Gasteiger partial charge on any atom is -0.487 e. The number of benzene rings is 2. The van der Waals surface area contributed by atoms with Crippen LogP contribution in [0.5, 0.6) is 5.75 Å². The van der Waals surface area contributed by atoms with Gasteiger partial charge in [0, 0.05) is 22.2 Å². The zero-order valence-electron chi connectivity index (χ0n) is 11.0. The smallest absolute Gasteiger partial charge is 0.143 e. The van der Waals surface area contributed by atoms with Crippen LogP contribution < -0.4 is 10.1 Å². The molecule has 1 N–H and O–H groups in total. The van der Waals surface area contributed by atoms with Crippen LogP contribution in [-0.2, 0) is 13.0 Å².